The summed E-state index contributed by atoms with van der Waals surface area (Å²) in [6, 6.07) is 1.87. The molecule has 0 aliphatic carbocycles. The summed E-state index contributed by atoms with van der Waals surface area (Å²) in [7, 11) is 0. The Morgan fingerprint density at radius 2 is 2.47 bits per heavy atom. The molecule has 2 rings (SSSR count). The lowest BCUT2D eigenvalue weighted by Gasteiger charge is -2.24. The molecule has 2 N–H and O–H groups in total. The molecule has 1 aliphatic heterocycles. The van der Waals surface area contributed by atoms with Gasteiger partial charge in [0, 0.05) is 23.8 Å². The van der Waals surface area contributed by atoms with Crippen molar-refractivity contribution < 1.29 is 4.79 Å². The molecule has 1 unspecified atom stereocenters. The number of hydrogen-bond acceptors (Lipinski definition) is 2. The molecular formula is C12H18BrN3O. The highest BCUT2D eigenvalue weighted by molar-refractivity contribution is 9.10. The predicted molar refractivity (Wildman–Crippen MR) is 71.2 cm³/mol. The molecule has 0 radical (unpaired) electrons. The Morgan fingerprint density at radius 3 is 3.06 bits per heavy atom. The largest absolute Gasteiger partial charge is 0.344 e. The number of carbonyl (C=O) groups excluding carboxylic acids is 1. The topological polar surface area (TPSA) is 46.1 Å². The van der Waals surface area contributed by atoms with Gasteiger partial charge in [-0.15, -0.1) is 0 Å². The maximum atomic E-state index is 12.2. The minimum atomic E-state index is -0.119. The van der Waals surface area contributed by atoms with Crippen molar-refractivity contribution in [3.05, 3.63) is 22.4 Å². The van der Waals surface area contributed by atoms with Crippen molar-refractivity contribution in [2.24, 2.45) is 0 Å². The molecule has 1 amide bonds. The van der Waals surface area contributed by atoms with Crippen LogP contribution >= 0.6 is 15.9 Å². The Labute approximate surface area is 110 Å². The molecule has 0 bridgehead atoms. The first-order valence-corrected chi connectivity index (χ1v) is 6.72. The molecule has 0 saturated carbocycles. The second kappa shape index (κ2) is 4.82. The Balaban J connectivity index is 2.13. The van der Waals surface area contributed by atoms with Crippen molar-refractivity contribution in [3.63, 3.8) is 0 Å². The highest BCUT2D eigenvalue weighted by Gasteiger charge is 2.31. The van der Waals surface area contributed by atoms with E-state index in [1.807, 2.05) is 23.8 Å². The van der Waals surface area contributed by atoms with Crippen LogP contribution in [0.25, 0.3) is 0 Å². The number of rotatable bonds is 3. The fourth-order valence-electron chi connectivity index (χ4n) is 2.19. The van der Waals surface area contributed by atoms with E-state index in [0.717, 1.165) is 30.5 Å². The van der Waals surface area contributed by atoms with E-state index in [1.54, 1.807) is 0 Å². The molecule has 1 aromatic heterocycles. The molecule has 1 fully saturated rings. The summed E-state index contributed by atoms with van der Waals surface area (Å²) < 4.78 is 2.89. The third-order valence-corrected chi connectivity index (χ3v) is 3.65. The van der Waals surface area contributed by atoms with E-state index in [4.69, 9.17) is 0 Å². The number of amides is 1. The molecule has 1 aliphatic rings. The van der Waals surface area contributed by atoms with Gasteiger partial charge in [0.2, 0.25) is 0 Å². The van der Waals surface area contributed by atoms with E-state index in [0.29, 0.717) is 5.69 Å². The van der Waals surface area contributed by atoms with E-state index < -0.39 is 0 Å². The molecule has 5 heteroatoms. The van der Waals surface area contributed by atoms with Crippen LogP contribution in [0.2, 0.25) is 0 Å². The van der Waals surface area contributed by atoms with Crippen LogP contribution in [0, 0.1) is 0 Å². The van der Waals surface area contributed by atoms with Gasteiger partial charge in [0.25, 0.3) is 5.91 Å². The van der Waals surface area contributed by atoms with E-state index in [1.165, 1.54) is 0 Å². The highest BCUT2D eigenvalue weighted by Crippen LogP contribution is 2.18. The number of aryl methyl sites for hydroxylation is 1. The smallest absolute Gasteiger partial charge is 0.268 e. The standard InChI is InChI=1S/C12H18BrN3O/c1-3-16-7-9(13)6-10(16)11(17)15-12(2)4-5-14-8-12/h6-7,14H,3-5,8H2,1-2H3,(H,15,17). The zero-order valence-electron chi connectivity index (χ0n) is 10.2. The molecule has 17 heavy (non-hydrogen) atoms. The van der Waals surface area contributed by atoms with E-state index in [2.05, 4.69) is 33.5 Å². The fraction of sp³-hybridized carbons (Fsp3) is 0.583. The van der Waals surface area contributed by atoms with E-state index >= 15 is 0 Å². The Bertz CT molecular complexity index is 421. The number of hydrogen-bond donors (Lipinski definition) is 2. The average molecular weight is 300 g/mol. The molecule has 0 aromatic carbocycles. The van der Waals surface area contributed by atoms with Gasteiger partial charge >= 0.3 is 0 Å². The Morgan fingerprint density at radius 1 is 1.71 bits per heavy atom. The van der Waals surface area contributed by atoms with Gasteiger partial charge in [0.1, 0.15) is 5.69 Å². The minimum absolute atomic E-state index is 0.00347. The van der Waals surface area contributed by atoms with Crippen LogP contribution in [0.15, 0.2) is 16.7 Å². The molecular weight excluding hydrogens is 282 g/mol. The van der Waals surface area contributed by atoms with Crippen LogP contribution in [-0.4, -0.2) is 29.1 Å². The van der Waals surface area contributed by atoms with Crippen molar-refractivity contribution in [1.29, 1.82) is 0 Å². The zero-order valence-corrected chi connectivity index (χ0v) is 11.8. The normalized spacial score (nSPS) is 23.9. The van der Waals surface area contributed by atoms with E-state index in [-0.39, 0.29) is 11.4 Å². The van der Waals surface area contributed by atoms with Gasteiger partial charge in [-0.05, 0) is 48.8 Å². The summed E-state index contributed by atoms with van der Waals surface area (Å²) >= 11 is 3.41. The quantitative estimate of drug-likeness (QED) is 0.893. The number of halogens is 1. The number of nitrogens with zero attached hydrogens (tertiary/aromatic N) is 1. The zero-order chi connectivity index (χ0) is 12.5. The van der Waals surface area contributed by atoms with Crippen molar-refractivity contribution >= 4 is 21.8 Å². The van der Waals surface area contributed by atoms with Gasteiger partial charge < -0.3 is 15.2 Å². The van der Waals surface area contributed by atoms with Crippen LogP contribution in [-0.2, 0) is 6.54 Å². The van der Waals surface area contributed by atoms with Crippen molar-refractivity contribution in [2.45, 2.75) is 32.4 Å². The monoisotopic (exact) mass is 299 g/mol. The van der Waals surface area contributed by atoms with Crippen molar-refractivity contribution in [2.75, 3.05) is 13.1 Å². The molecule has 1 atom stereocenters. The van der Waals surface area contributed by atoms with Crippen LogP contribution in [0.1, 0.15) is 30.8 Å². The lowest BCUT2D eigenvalue weighted by atomic mass is 10.0. The van der Waals surface area contributed by atoms with Crippen LogP contribution in [0.3, 0.4) is 0 Å². The molecule has 94 valence electrons. The van der Waals surface area contributed by atoms with Crippen molar-refractivity contribution in [3.8, 4) is 0 Å². The fourth-order valence-corrected chi connectivity index (χ4v) is 2.65. The Kier molecular flexibility index (Phi) is 3.58. The summed E-state index contributed by atoms with van der Waals surface area (Å²) in [5.41, 5.74) is 0.597. The third kappa shape index (κ3) is 2.72. The lowest BCUT2D eigenvalue weighted by Crippen LogP contribution is -2.47. The second-order valence-electron chi connectivity index (χ2n) is 4.77. The molecule has 0 spiro atoms. The maximum Gasteiger partial charge on any atom is 0.268 e. The molecule has 1 aromatic rings. The van der Waals surface area contributed by atoms with Crippen LogP contribution in [0.5, 0.6) is 0 Å². The molecule has 1 saturated heterocycles. The van der Waals surface area contributed by atoms with Gasteiger partial charge in [0.15, 0.2) is 0 Å². The summed E-state index contributed by atoms with van der Waals surface area (Å²) in [4.78, 5) is 12.2. The Hall–Kier alpha value is -0.810. The highest BCUT2D eigenvalue weighted by atomic mass is 79.9. The summed E-state index contributed by atoms with van der Waals surface area (Å²) in [6.07, 6.45) is 2.91. The van der Waals surface area contributed by atoms with Gasteiger partial charge in [0.05, 0.1) is 5.54 Å². The molecule has 2 heterocycles. The SMILES string of the molecule is CCn1cc(Br)cc1C(=O)NC1(C)CCNC1. The number of aromatic nitrogens is 1. The third-order valence-electron chi connectivity index (χ3n) is 3.22. The summed E-state index contributed by atoms with van der Waals surface area (Å²) in [5.74, 6) is 0.00347. The summed E-state index contributed by atoms with van der Waals surface area (Å²) in [6.45, 7) is 6.71. The first-order chi connectivity index (χ1) is 8.04. The maximum absolute atomic E-state index is 12.2. The lowest BCUT2D eigenvalue weighted by molar-refractivity contribution is 0.0903. The van der Waals surface area contributed by atoms with Gasteiger partial charge in [-0.1, -0.05) is 0 Å². The van der Waals surface area contributed by atoms with Gasteiger partial charge in [-0.25, -0.2) is 0 Å². The van der Waals surface area contributed by atoms with Crippen LogP contribution < -0.4 is 10.6 Å². The van der Waals surface area contributed by atoms with Gasteiger partial charge in [-0.3, -0.25) is 4.79 Å². The number of carbonyl (C=O) groups is 1. The average Bonchev–Trinajstić information content (AvgIpc) is 2.84. The van der Waals surface area contributed by atoms with Gasteiger partial charge in [-0.2, -0.15) is 0 Å². The predicted octanol–water partition coefficient (Wildman–Crippen LogP) is 1.75. The number of nitrogens with one attached hydrogen (secondary N) is 2. The first-order valence-electron chi connectivity index (χ1n) is 5.93. The second-order valence-corrected chi connectivity index (χ2v) is 5.69. The van der Waals surface area contributed by atoms with Crippen LogP contribution in [0.4, 0.5) is 0 Å². The summed E-state index contributed by atoms with van der Waals surface area (Å²) in [5, 5.41) is 6.39. The van der Waals surface area contributed by atoms with E-state index in [9.17, 15) is 4.79 Å². The first kappa shape index (κ1) is 12.6. The molecule has 4 nitrogen and oxygen atoms in total. The van der Waals surface area contributed by atoms with Crippen molar-refractivity contribution in [1.82, 2.24) is 15.2 Å². The minimum Gasteiger partial charge on any atom is -0.344 e.